The van der Waals surface area contributed by atoms with Crippen molar-refractivity contribution in [3.63, 3.8) is 0 Å². The second-order valence-electron chi connectivity index (χ2n) is 5.88. The van der Waals surface area contributed by atoms with E-state index in [2.05, 4.69) is 5.32 Å². The van der Waals surface area contributed by atoms with Crippen LogP contribution in [-0.4, -0.2) is 14.3 Å². The minimum absolute atomic E-state index is 0.0120. The molecule has 7 nitrogen and oxygen atoms in total. The van der Waals surface area contributed by atoms with Gasteiger partial charge in [-0.15, -0.1) is 0 Å². The summed E-state index contributed by atoms with van der Waals surface area (Å²) in [6.07, 6.45) is 0. The Labute approximate surface area is 167 Å². The molecule has 3 rings (SSSR count). The van der Waals surface area contributed by atoms with Crippen molar-refractivity contribution in [1.82, 2.24) is 5.32 Å². The number of halogens is 1. The van der Waals surface area contributed by atoms with Crippen LogP contribution in [0.4, 0.5) is 0 Å². The number of hydrogen-bond donors (Lipinski definition) is 2. The van der Waals surface area contributed by atoms with Gasteiger partial charge in [0.15, 0.2) is 5.76 Å². The van der Waals surface area contributed by atoms with Crippen molar-refractivity contribution >= 4 is 27.5 Å². The van der Waals surface area contributed by atoms with E-state index in [1.807, 2.05) is 0 Å². The third-order valence-corrected chi connectivity index (χ3v) is 4.93. The molecule has 0 aliphatic rings. The zero-order chi connectivity index (χ0) is 20.1. The maximum Gasteiger partial charge on any atom is 0.287 e. The van der Waals surface area contributed by atoms with Crippen molar-refractivity contribution in [1.29, 1.82) is 0 Å². The molecule has 0 fully saturated rings. The van der Waals surface area contributed by atoms with Gasteiger partial charge in [-0.25, -0.2) is 13.6 Å². The van der Waals surface area contributed by atoms with Gasteiger partial charge in [-0.3, -0.25) is 4.79 Å². The van der Waals surface area contributed by atoms with Gasteiger partial charge < -0.3 is 14.5 Å². The summed E-state index contributed by atoms with van der Waals surface area (Å²) in [5.41, 5.74) is 0.719. The van der Waals surface area contributed by atoms with Gasteiger partial charge in [-0.1, -0.05) is 29.8 Å². The summed E-state index contributed by atoms with van der Waals surface area (Å²) in [6.45, 7) is 0.363. The minimum atomic E-state index is -3.74. The molecule has 1 amide bonds. The standard InChI is InChI=1S/C19H17ClN2O5S/c20-14-2-1-3-15(10-14)26-12-16-6-9-18(27-16)19(23)22-11-13-4-7-17(8-5-13)28(21,24)25/h1-10H,11-12H2,(H,22,23)(H2,21,24,25). The molecule has 1 aromatic heterocycles. The third-order valence-electron chi connectivity index (χ3n) is 3.77. The Bertz CT molecular complexity index is 1080. The van der Waals surface area contributed by atoms with E-state index in [0.717, 1.165) is 5.56 Å². The highest BCUT2D eigenvalue weighted by Crippen LogP contribution is 2.19. The quantitative estimate of drug-likeness (QED) is 0.610. The molecule has 3 aromatic rings. The van der Waals surface area contributed by atoms with Crippen LogP contribution in [0, 0.1) is 0 Å². The Morgan fingerprint density at radius 3 is 2.54 bits per heavy atom. The van der Waals surface area contributed by atoms with Gasteiger partial charge in [0.1, 0.15) is 18.1 Å². The zero-order valence-electron chi connectivity index (χ0n) is 14.6. The molecule has 146 valence electrons. The summed E-state index contributed by atoms with van der Waals surface area (Å²) in [7, 11) is -3.74. The molecule has 0 saturated carbocycles. The van der Waals surface area contributed by atoms with E-state index in [0.29, 0.717) is 16.5 Å². The lowest BCUT2D eigenvalue weighted by molar-refractivity contribution is 0.0919. The van der Waals surface area contributed by atoms with E-state index in [1.54, 1.807) is 48.5 Å². The van der Waals surface area contributed by atoms with E-state index in [4.69, 9.17) is 25.9 Å². The number of ether oxygens (including phenoxy) is 1. The topological polar surface area (TPSA) is 112 Å². The maximum absolute atomic E-state index is 12.2. The number of nitrogens with two attached hydrogens (primary N) is 1. The number of carbonyl (C=O) groups is 1. The average molecular weight is 421 g/mol. The fourth-order valence-corrected chi connectivity index (χ4v) is 3.05. The van der Waals surface area contributed by atoms with Crippen LogP contribution < -0.4 is 15.2 Å². The summed E-state index contributed by atoms with van der Waals surface area (Å²) >= 11 is 5.90. The Morgan fingerprint density at radius 2 is 1.86 bits per heavy atom. The van der Waals surface area contributed by atoms with Gasteiger partial charge >= 0.3 is 0 Å². The SMILES string of the molecule is NS(=O)(=O)c1ccc(CNC(=O)c2ccc(COc3cccc(Cl)c3)o2)cc1. The number of amides is 1. The van der Waals surface area contributed by atoms with Crippen molar-refractivity contribution in [2.45, 2.75) is 18.0 Å². The summed E-state index contributed by atoms with van der Waals surface area (Å²) in [5.74, 6) is 0.829. The summed E-state index contributed by atoms with van der Waals surface area (Å²) in [5, 5.41) is 8.31. The zero-order valence-corrected chi connectivity index (χ0v) is 16.2. The minimum Gasteiger partial charge on any atom is -0.486 e. The van der Waals surface area contributed by atoms with Crippen LogP contribution in [0.25, 0.3) is 0 Å². The molecule has 28 heavy (non-hydrogen) atoms. The molecular formula is C19H17ClN2O5S. The summed E-state index contributed by atoms with van der Waals surface area (Å²) in [6, 6.07) is 16.1. The first-order valence-electron chi connectivity index (χ1n) is 8.18. The molecule has 0 aliphatic carbocycles. The number of carbonyl (C=O) groups excluding carboxylic acids is 1. The molecular weight excluding hydrogens is 404 g/mol. The maximum atomic E-state index is 12.2. The van der Waals surface area contributed by atoms with Crippen LogP contribution in [0.1, 0.15) is 21.9 Å². The molecule has 1 heterocycles. The van der Waals surface area contributed by atoms with Crippen LogP contribution in [0.2, 0.25) is 5.02 Å². The van der Waals surface area contributed by atoms with E-state index in [9.17, 15) is 13.2 Å². The fourth-order valence-electron chi connectivity index (χ4n) is 2.36. The Kier molecular flexibility index (Phi) is 6.03. The van der Waals surface area contributed by atoms with Gasteiger partial charge in [0.05, 0.1) is 4.90 Å². The molecule has 0 bridgehead atoms. The highest BCUT2D eigenvalue weighted by Gasteiger charge is 2.12. The monoisotopic (exact) mass is 420 g/mol. The highest BCUT2D eigenvalue weighted by molar-refractivity contribution is 7.89. The van der Waals surface area contributed by atoms with E-state index in [1.165, 1.54) is 12.1 Å². The smallest absolute Gasteiger partial charge is 0.287 e. The predicted octanol–water partition coefficient (Wildman–Crippen LogP) is 3.09. The van der Waals surface area contributed by atoms with Crippen molar-refractivity contribution in [2.75, 3.05) is 0 Å². The van der Waals surface area contributed by atoms with E-state index < -0.39 is 15.9 Å². The lowest BCUT2D eigenvalue weighted by Gasteiger charge is -2.05. The second-order valence-corrected chi connectivity index (χ2v) is 7.88. The molecule has 0 saturated heterocycles. The van der Waals surface area contributed by atoms with Crippen LogP contribution in [0.3, 0.4) is 0 Å². The van der Waals surface area contributed by atoms with Crippen LogP contribution in [0.5, 0.6) is 5.75 Å². The Morgan fingerprint density at radius 1 is 1.11 bits per heavy atom. The summed E-state index contributed by atoms with van der Waals surface area (Å²) < 4.78 is 33.5. The summed E-state index contributed by atoms with van der Waals surface area (Å²) in [4.78, 5) is 12.2. The highest BCUT2D eigenvalue weighted by atomic mass is 35.5. The van der Waals surface area contributed by atoms with Crippen molar-refractivity contribution in [2.24, 2.45) is 5.14 Å². The average Bonchev–Trinajstić information content (AvgIpc) is 3.13. The molecule has 3 N–H and O–H groups in total. The van der Waals surface area contributed by atoms with Crippen molar-refractivity contribution in [3.05, 3.63) is 82.8 Å². The predicted molar refractivity (Wildman–Crippen MR) is 103 cm³/mol. The molecule has 9 heteroatoms. The van der Waals surface area contributed by atoms with Gasteiger partial charge in [-0.2, -0.15) is 0 Å². The molecule has 0 atom stereocenters. The number of benzene rings is 2. The first-order valence-corrected chi connectivity index (χ1v) is 10.1. The fraction of sp³-hybridized carbons (Fsp3) is 0.105. The van der Waals surface area contributed by atoms with Gasteiger partial charge in [0, 0.05) is 11.6 Å². The second kappa shape index (κ2) is 8.47. The molecule has 0 radical (unpaired) electrons. The molecule has 0 aliphatic heterocycles. The number of sulfonamides is 1. The Balaban J connectivity index is 1.54. The van der Waals surface area contributed by atoms with E-state index in [-0.39, 0.29) is 23.8 Å². The van der Waals surface area contributed by atoms with Crippen molar-refractivity contribution in [3.8, 4) is 5.75 Å². The van der Waals surface area contributed by atoms with Crippen LogP contribution >= 0.6 is 11.6 Å². The molecule has 2 aromatic carbocycles. The normalized spacial score (nSPS) is 11.2. The number of hydrogen-bond acceptors (Lipinski definition) is 5. The lowest BCUT2D eigenvalue weighted by atomic mass is 10.2. The number of nitrogens with one attached hydrogen (secondary N) is 1. The first-order chi connectivity index (χ1) is 13.3. The Hall–Kier alpha value is -2.81. The van der Waals surface area contributed by atoms with Crippen molar-refractivity contribution < 1.29 is 22.4 Å². The van der Waals surface area contributed by atoms with Gasteiger partial charge in [0.25, 0.3) is 5.91 Å². The van der Waals surface area contributed by atoms with Gasteiger partial charge in [-0.05, 0) is 48.0 Å². The number of primary sulfonamides is 1. The largest absolute Gasteiger partial charge is 0.486 e. The lowest BCUT2D eigenvalue weighted by Crippen LogP contribution is -2.22. The first kappa shape index (κ1) is 19.9. The number of furan rings is 1. The molecule has 0 unspecified atom stereocenters. The van der Waals surface area contributed by atoms with Crippen LogP contribution in [0.15, 0.2) is 70.0 Å². The molecule has 0 spiro atoms. The van der Waals surface area contributed by atoms with E-state index >= 15 is 0 Å². The van der Waals surface area contributed by atoms with Crippen LogP contribution in [-0.2, 0) is 23.2 Å². The third kappa shape index (κ3) is 5.35. The van der Waals surface area contributed by atoms with Gasteiger partial charge in [0.2, 0.25) is 10.0 Å². The number of rotatable bonds is 7.